The van der Waals surface area contributed by atoms with Crippen LogP contribution >= 0.6 is 22.9 Å². The zero-order valence-electron chi connectivity index (χ0n) is 45.0. The van der Waals surface area contributed by atoms with Crippen LogP contribution in [-0.4, -0.2) is 143 Å². The number of nitrogens with zero attached hydrogens (tertiary/aromatic N) is 7. The standard InChI is InChI=1S/C57H75ClN10O6S/c1-35(38-10-12-39(13-11-38)48-36(2)61-34-75-48)62-51(72)45-28-42(69)32-68(45)52(73)49(55(3,4)5)63-47(70)33-66-26-24-65(25-27-66)21-18-37-19-22-67(23-20-37)46-17-15-41(31-60-46)50(71)64-53-56(6,7)54(57(53,8)9)74-43-16-14-40(30-59)44(58)29-43/h10-17,29,31,34-35,37,42,45,49,53-54,69H,18-28,32-33H2,1-9H3,(H,62,72)(H,63,70)(H,64,71)/t35-,42+,45-,49?,53-,54-/m0/s1. The van der Waals surface area contributed by atoms with Crippen LogP contribution in [0, 0.1) is 40.4 Å². The van der Waals surface area contributed by atoms with E-state index >= 15 is 0 Å². The van der Waals surface area contributed by atoms with E-state index in [4.69, 9.17) is 21.3 Å². The Morgan fingerprint density at radius 1 is 0.933 bits per heavy atom. The van der Waals surface area contributed by atoms with Crippen LogP contribution in [0.1, 0.15) is 114 Å². The number of hydrogen-bond donors (Lipinski definition) is 4. The fourth-order valence-corrected chi connectivity index (χ4v) is 13.0. The molecule has 2 aromatic heterocycles. The van der Waals surface area contributed by atoms with Crippen molar-refractivity contribution in [2.24, 2.45) is 22.2 Å². The van der Waals surface area contributed by atoms with E-state index in [0.29, 0.717) is 27.8 Å². The molecule has 4 amide bonds. The summed E-state index contributed by atoms with van der Waals surface area (Å²) in [6.07, 6.45) is 3.96. The highest BCUT2D eigenvalue weighted by atomic mass is 35.5. The highest BCUT2D eigenvalue weighted by Crippen LogP contribution is 2.55. The minimum Gasteiger partial charge on any atom is -0.489 e. The Labute approximate surface area is 451 Å². The van der Waals surface area contributed by atoms with Gasteiger partial charge in [0, 0.05) is 81.4 Å². The quantitative estimate of drug-likeness (QED) is 0.0880. The van der Waals surface area contributed by atoms with Crippen LogP contribution in [0.25, 0.3) is 10.4 Å². The Morgan fingerprint density at radius 2 is 1.61 bits per heavy atom. The number of hydrogen-bond acceptors (Lipinski definition) is 13. The molecule has 8 rings (SSSR count). The van der Waals surface area contributed by atoms with E-state index in [1.54, 1.807) is 35.7 Å². The minimum atomic E-state index is -0.891. The number of aromatic nitrogens is 2. The summed E-state index contributed by atoms with van der Waals surface area (Å²) in [4.78, 5) is 73.8. The molecule has 18 heteroatoms. The molecule has 1 aliphatic carbocycles. The van der Waals surface area contributed by atoms with Gasteiger partial charge in [-0.05, 0) is 86.4 Å². The maximum atomic E-state index is 14.3. The second kappa shape index (κ2) is 22.9. The van der Waals surface area contributed by atoms with E-state index in [1.165, 1.54) is 4.90 Å². The average molecular weight is 1060 g/mol. The van der Waals surface area contributed by atoms with E-state index < -0.39 is 23.6 Å². The first-order valence-electron chi connectivity index (χ1n) is 26.4. The number of carbonyl (C=O) groups is 4. The largest absolute Gasteiger partial charge is 0.489 e. The Hall–Kier alpha value is -5.64. The van der Waals surface area contributed by atoms with Gasteiger partial charge in [0.15, 0.2) is 0 Å². The lowest BCUT2D eigenvalue weighted by molar-refractivity contribution is -0.164. The van der Waals surface area contributed by atoms with E-state index in [0.717, 1.165) is 92.6 Å². The molecule has 4 aliphatic rings. The number of aliphatic hydroxyl groups excluding tert-OH is 1. The van der Waals surface area contributed by atoms with Gasteiger partial charge in [0.05, 0.1) is 50.9 Å². The van der Waals surface area contributed by atoms with Gasteiger partial charge in [0.2, 0.25) is 17.7 Å². The van der Waals surface area contributed by atoms with E-state index in [-0.39, 0.29) is 72.2 Å². The Balaban J connectivity index is 0.743. The van der Waals surface area contributed by atoms with Crippen LogP contribution in [0.5, 0.6) is 5.75 Å². The molecule has 0 bridgehead atoms. The van der Waals surface area contributed by atoms with Gasteiger partial charge in [0.1, 0.15) is 35.8 Å². The zero-order valence-corrected chi connectivity index (χ0v) is 46.6. The molecular weight excluding hydrogens is 988 g/mol. The number of aryl methyl sites for hydroxylation is 1. The summed E-state index contributed by atoms with van der Waals surface area (Å²) in [5.74, 6) is 0.935. The van der Waals surface area contributed by atoms with E-state index in [9.17, 15) is 29.5 Å². The third-order valence-electron chi connectivity index (χ3n) is 16.1. The molecular formula is C57H75ClN10O6S. The maximum absolute atomic E-state index is 14.3. The topological polar surface area (TPSA) is 196 Å². The number of piperidine rings is 1. The van der Waals surface area contributed by atoms with Gasteiger partial charge in [-0.1, -0.05) is 84.3 Å². The number of nitriles is 1. The SMILES string of the molecule is Cc1ncsc1-c1ccc([C@H](C)NC(=O)[C@@H]2C[C@@H](O)CN2C(=O)C(NC(=O)CN2CCN(CCC3CCN(c4ccc(C(=O)N[C@H]5C(C)(C)[C@H](Oc6ccc(C#N)c(Cl)c6)C5(C)C)cn4)CC3)CC2)C(C)(C)C)cc1. The number of rotatable bonds is 16. The molecule has 5 heterocycles. The number of benzene rings is 2. The number of ether oxygens (including phenoxy) is 1. The first kappa shape index (κ1) is 55.6. The lowest BCUT2D eigenvalue weighted by atomic mass is 9.49. The highest BCUT2D eigenvalue weighted by molar-refractivity contribution is 7.13. The van der Waals surface area contributed by atoms with Gasteiger partial charge < -0.3 is 40.5 Å². The molecule has 2 aromatic carbocycles. The summed E-state index contributed by atoms with van der Waals surface area (Å²) in [6.45, 7) is 24.1. The van der Waals surface area contributed by atoms with Crippen LogP contribution in [-0.2, 0) is 14.4 Å². The number of likely N-dealkylation sites (tertiary alicyclic amines) is 1. The molecule has 3 saturated heterocycles. The fourth-order valence-electron chi connectivity index (χ4n) is 11.9. The third kappa shape index (κ3) is 12.6. The second-order valence-electron chi connectivity index (χ2n) is 23.4. The molecule has 1 saturated carbocycles. The number of piperazine rings is 1. The molecule has 402 valence electrons. The van der Waals surface area contributed by atoms with Gasteiger partial charge >= 0.3 is 0 Å². The first-order valence-corrected chi connectivity index (χ1v) is 27.7. The summed E-state index contributed by atoms with van der Waals surface area (Å²) >= 11 is 7.86. The number of halogens is 1. The van der Waals surface area contributed by atoms with E-state index in [2.05, 4.69) is 69.4 Å². The summed E-state index contributed by atoms with van der Waals surface area (Å²) in [5.41, 5.74) is 4.28. The summed E-state index contributed by atoms with van der Waals surface area (Å²) in [7, 11) is 0. The predicted octanol–water partition coefficient (Wildman–Crippen LogP) is 7.24. The highest BCUT2D eigenvalue weighted by Gasteiger charge is 2.64. The van der Waals surface area contributed by atoms with Gasteiger partial charge in [0.25, 0.3) is 5.91 Å². The average Bonchev–Trinajstić information content (AvgIpc) is 4.00. The molecule has 4 N–H and O–H groups in total. The molecule has 4 fully saturated rings. The van der Waals surface area contributed by atoms with Crippen molar-refractivity contribution in [1.82, 2.24) is 40.6 Å². The van der Waals surface area contributed by atoms with Gasteiger partial charge in [-0.2, -0.15) is 5.26 Å². The van der Waals surface area contributed by atoms with Crippen LogP contribution in [0.4, 0.5) is 5.82 Å². The van der Waals surface area contributed by atoms with Crippen molar-refractivity contribution >= 4 is 52.4 Å². The Morgan fingerprint density at radius 3 is 2.21 bits per heavy atom. The number of pyridine rings is 1. The van der Waals surface area contributed by atoms with Gasteiger partial charge in [-0.25, -0.2) is 9.97 Å². The molecule has 0 radical (unpaired) electrons. The number of amides is 4. The summed E-state index contributed by atoms with van der Waals surface area (Å²) in [5, 5.41) is 29.7. The van der Waals surface area contributed by atoms with Crippen molar-refractivity contribution in [2.75, 3.05) is 63.8 Å². The predicted molar refractivity (Wildman–Crippen MR) is 292 cm³/mol. The second-order valence-corrected chi connectivity index (χ2v) is 24.7. The number of thiazole rings is 1. The molecule has 1 unspecified atom stereocenters. The third-order valence-corrected chi connectivity index (χ3v) is 17.4. The van der Waals surface area contributed by atoms with Crippen LogP contribution < -0.4 is 25.6 Å². The lowest BCUT2D eigenvalue weighted by Gasteiger charge is -2.63. The maximum Gasteiger partial charge on any atom is 0.253 e. The van der Waals surface area contributed by atoms with Crippen molar-refractivity contribution in [3.8, 4) is 22.3 Å². The van der Waals surface area contributed by atoms with Crippen molar-refractivity contribution < 1.29 is 29.0 Å². The van der Waals surface area contributed by atoms with Crippen LogP contribution in [0.3, 0.4) is 0 Å². The van der Waals surface area contributed by atoms with Crippen molar-refractivity contribution in [3.63, 3.8) is 0 Å². The molecule has 0 spiro atoms. The zero-order chi connectivity index (χ0) is 54.0. The van der Waals surface area contributed by atoms with Crippen molar-refractivity contribution in [3.05, 3.63) is 93.7 Å². The number of nitrogens with one attached hydrogen (secondary N) is 3. The normalized spacial score (nSPS) is 22.9. The van der Waals surface area contributed by atoms with Crippen molar-refractivity contribution in [1.29, 1.82) is 5.26 Å². The summed E-state index contributed by atoms with van der Waals surface area (Å²) in [6, 6.07) is 16.7. The van der Waals surface area contributed by atoms with E-state index in [1.807, 2.05) is 76.5 Å². The number of β-amino-alcohol motifs (C(OH)–C–C–N with tert-alkyl or cyclic N) is 1. The Bertz CT molecular complexity index is 2710. The smallest absolute Gasteiger partial charge is 0.253 e. The van der Waals surface area contributed by atoms with Gasteiger partial charge in [-0.15, -0.1) is 11.3 Å². The first-order chi connectivity index (χ1) is 35.5. The number of aliphatic hydroxyl groups is 1. The lowest BCUT2D eigenvalue weighted by Crippen LogP contribution is -2.74. The molecule has 3 aliphatic heterocycles. The van der Waals surface area contributed by atoms with Crippen molar-refractivity contribution in [2.45, 2.75) is 124 Å². The van der Waals surface area contributed by atoms with Crippen LogP contribution in [0.2, 0.25) is 5.02 Å². The molecule has 4 atom stereocenters. The number of anilines is 1. The monoisotopic (exact) mass is 1060 g/mol. The number of carbonyl (C=O) groups excluding carboxylic acids is 4. The van der Waals surface area contributed by atoms with Crippen LogP contribution in [0.15, 0.2) is 66.3 Å². The Kier molecular flexibility index (Phi) is 17.0. The fraction of sp³-hybridized carbons (Fsp3) is 0.561. The molecule has 75 heavy (non-hydrogen) atoms. The minimum absolute atomic E-state index is 0.0172. The van der Waals surface area contributed by atoms with Gasteiger partial charge in [-0.3, -0.25) is 24.1 Å². The molecule has 16 nitrogen and oxygen atoms in total. The summed E-state index contributed by atoms with van der Waals surface area (Å²) < 4.78 is 6.39. The molecule has 4 aromatic rings.